The van der Waals surface area contributed by atoms with E-state index in [0.29, 0.717) is 30.5 Å². The largest absolute Gasteiger partial charge is 0.357 e. The molecule has 0 atom stereocenters. The van der Waals surface area contributed by atoms with Crippen LogP contribution in [0.15, 0.2) is 29.3 Å². The van der Waals surface area contributed by atoms with Gasteiger partial charge in [0.05, 0.1) is 12.3 Å². The summed E-state index contributed by atoms with van der Waals surface area (Å²) in [6.07, 6.45) is 1.79. The summed E-state index contributed by atoms with van der Waals surface area (Å²) in [4.78, 5) is 4.44. The van der Waals surface area contributed by atoms with Gasteiger partial charge in [0.2, 0.25) is 0 Å². The highest BCUT2D eigenvalue weighted by Crippen LogP contribution is 2.15. The highest BCUT2D eigenvalue weighted by Gasteiger charge is 2.03. The second-order valence-corrected chi connectivity index (χ2v) is 7.36. The molecule has 0 saturated carbocycles. The van der Waals surface area contributed by atoms with E-state index in [0.717, 1.165) is 12.1 Å². The van der Waals surface area contributed by atoms with Crippen LogP contribution < -0.4 is 10.6 Å². The van der Waals surface area contributed by atoms with Gasteiger partial charge in [0.1, 0.15) is 9.84 Å². The molecule has 0 spiro atoms. The van der Waals surface area contributed by atoms with Gasteiger partial charge < -0.3 is 10.6 Å². The quantitative estimate of drug-likeness (QED) is 0.454. The molecule has 1 rings (SSSR count). The molecule has 0 amide bonds. The number of aliphatic imine (C=N–C) groups is 1. The number of nitrogens with one attached hydrogen (secondary N) is 2. The number of guanidine groups is 1. The van der Waals surface area contributed by atoms with Gasteiger partial charge in [0.25, 0.3) is 0 Å². The molecular weight excluding hydrogens is 310 g/mol. The SMILES string of the molecule is CCNC(=NCc1ccccc1Cl)NCCCS(C)(=O)=O. The van der Waals surface area contributed by atoms with Gasteiger partial charge in [0.15, 0.2) is 5.96 Å². The van der Waals surface area contributed by atoms with Crippen molar-refractivity contribution in [2.75, 3.05) is 25.1 Å². The molecular formula is C14H22ClN3O2S. The molecule has 0 bridgehead atoms. The van der Waals surface area contributed by atoms with Crippen LogP contribution in [0.1, 0.15) is 18.9 Å². The molecule has 0 saturated heterocycles. The maximum absolute atomic E-state index is 11.1. The van der Waals surface area contributed by atoms with Crippen LogP contribution in [-0.2, 0) is 16.4 Å². The number of sulfone groups is 1. The molecule has 118 valence electrons. The Morgan fingerprint density at radius 2 is 2.00 bits per heavy atom. The predicted octanol–water partition coefficient (Wildman–Crippen LogP) is 1.83. The zero-order valence-electron chi connectivity index (χ0n) is 12.4. The van der Waals surface area contributed by atoms with Crippen LogP contribution >= 0.6 is 11.6 Å². The number of nitrogens with zero attached hydrogens (tertiary/aromatic N) is 1. The van der Waals surface area contributed by atoms with Crippen molar-refractivity contribution in [1.29, 1.82) is 0 Å². The van der Waals surface area contributed by atoms with E-state index in [2.05, 4.69) is 15.6 Å². The molecule has 0 heterocycles. The average Bonchev–Trinajstić information content (AvgIpc) is 2.41. The molecule has 0 unspecified atom stereocenters. The molecule has 0 aliphatic heterocycles. The Balaban J connectivity index is 2.52. The summed E-state index contributed by atoms with van der Waals surface area (Å²) < 4.78 is 22.1. The van der Waals surface area contributed by atoms with Crippen LogP contribution in [0.3, 0.4) is 0 Å². The van der Waals surface area contributed by atoms with Crippen molar-refractivity contribution < 1.29 is 8.42 Å². The van der Waals surface area contributed by atoms with Gasteiger partial charge in [-0.1, -0.05) is 29.8 Å². The van der Waals surface area contributed by atoms with E-state index in [1.54, 1.807) is 0 Å². The highest BCUT2D eigenvalue weighted by atomic mass is 35.5. The van der Waals surface area contributed by atoms with Gasteiger partial charge in [-0.05, 0) is 25.0 Å². The lowest BCUT2D eigenvalue weighted by atomic mass is 10.2. The third-order valence-corrected chi connectivity index (χ3v) is 4.09. The van der Waals surface area contributed by atoms with Crippen LogP contribution in [0.25, 0.3) is 0 Å². The van der Waals surface area contributed by atoms with Gasteiger partial charge in [-0.3, -0.25) is 0 Å². The van der Waals surface area contributed by atoms with Gasteiger partial charge in [0, 0.05) is 24.4 Å². The van der Waals surface area contributed by atoms with Crippen LogP contribution in [-0.4, -0.2) is 39.5 Å². The summed E-state index contributed by atoms with van der Waals surface area (Å²) in [7, 11) is -2.91. The first-order chi connectivity index (χ1) is 9.92. The number of halogens is 1. The lowest BCUT2D eigenvalue weighted by molar-refractivity contribution is 0.598. The summed E-state index contributed by atoms with van der Waals surface area (Å²) in [5, 5.41) is 6.92. The van der Waals surface area contributed by atoms with E-state index >= 15 is 0 Å². The topological polar surface area (TPSA) is 70.6 Å². The van der Waals surface area contributed by atoms with Crippen molar-refractivity contribution in [3.05, 3.63) is 34.9 Å². The minimum absolute atomic E-state index is 0.171. The van der Waals surface area contributed by atoms with Crippen molar-refractivity contribution in [2.24, 2.45) is 4.99 Å². The standard InChI is InChI=1S/C14H22ClN3O2S/c1-3-16-14(17-9-6-10-21(2,19)20)18-11-12-7-4-5-8-13(12)15/h4-5,7-8H,3,6,9-11H2,1-2H3,(H2,16,17,18). The van der Waals surface area contributed by atoms with Crippen molar-refractivity contribution >= 4 is 27.4 Å². The lowest BCUT2D eigenvalue weighted by Crippen LogP contribution is -2.38. The van der Waals surface area contributed by atoms with Crippen molar-refractivity contribution in [2.45, 2.75) is 19.9 Å². The van der Waals surface area contributed by atoms with Gasteiger partial charge in [-0.2, -0.15) is 0 Å². The molecule has 1 aromatic rings. The van der Waals surface area contributed by atoms with Crippen molar-refractivity contribution in [3.8, 4) is 0 Å². The molecule has 21 heavy (non-hydrogen) atoms. The Labute approximate surface area is 131 Å². The number of rotatable bonds is 7. The minimum atomic E-state index is -2.91. The Morgan fingerprint density at radius 3 is 2.62 bits per heavy atom. The summed E-state index contributed by atoms with van der Waals surface area (Å²) in [6, 6.07) is 7.56. The third kappa shape index (κ3) is 7.92. The molecule has 0 radical (unpaired) electrons. The molecule has 7 heteroatoms. The Bertz CT molecular complexity index is 573. The lowest BCUT2D eigenvalue weighted by Gasteiger charge is -2.11. The Kier molecular flexibility index (Phi) is 7.53. The van der Waals surface area contributed by atoms with Crippen LogP contribution in [0.2, 0.25) is 5.02 Å². The predicted molar refractivity (Wildman–Crippen MR) is 88.6 cm³/mol. The van der Waals surface area contributed by atoms with E-state index in [9.17, 15) is 8.42 Å². The monoisotopic (exact) mass is 331 g/mol. The van der Waals surface area contributed by atoms with E-state index in [4.69, 9.17) is 11.6 Å². The fraction of sp³-hybridized carbons (Fsp3) is 0.500. The maximum atomic E-state index is 11.1. The van der Waals surface area contributed by atoms with E-state index in [1.165, 1.54) is 6.26 Å². The fourth-order valence-electron chi connectivity index (χ4n) is 1.67. The van der Waals surface area contributed by atoms with Crippen LogP contribution in [0.5, 0.6) is 0 Å². The summed E-state index contributed by atoms with van der Waals surface area (Å²) in [5.41, 5.74) is 0.951. The minimum Gasteiger partial charge on any atom is -0.357 e. The van der Waals surface area contributed by atoms with Crippen molar-refractivity contribution in [1.82, 2.24) is 10.6 Å². The molecule has 5 nitrogen and oxygen atoms in total. The summed E-state index contributed by atoms with van der Waals surface area (Å²) >= 11 is 6.08. The van der Waals surface area contributed by atoms with Crippen molar-refractivity contribution in [3.63, 3.8) is 0 Å². The first-order valence-electron chi connectivity index (χ1n) is 6.85. The van der Waals surface area contributed by atoms with Crippen LogP contribution in [0.4, 0.5) is 0 Å². The molecule has 2 N–H and O–H groups in total. The fourth-order valence-corrected chi connectivity index (χ4v) is 2.54. The molecule has 0 fully saturated rings. The molecule has 1 aromatic carbocycles. The normalized spacial score (nSPS) is 12.2. The second kappa shape index (κ2) is 8.89. The number of benzene rings is 1. The molecule has 0 aliphatic carbocycles. The molecule has 0 aliphatic rings. The summed E-state index contributed by atoms with van der Waals surface area (Å²) in [6.45, 7) is 3.74. The average molecular weight is 332 g/mol. The first kappa shape index (κ1) is 17.8. The zero-order valence-corrected chi connectivity index (χ0v) is 14.0. The second-order valence-electron chi connectivity index (χ2n) is 4.70. The number of hydrogen-bond acceptors (Lipinski definition) is 3. The molecule has 0 aromatic heterocycles. The van der Waals surface area contributed by atoms with E-state index < -0.39 is 9.84 Å². The maximum Gasteiger partial charge on any atom is 0.191 e. The van der Waals surface area contributed by atoms with Gasteiger partial charge in [-0.25, -0.2) is 13.4 Å². The van der Waals surface area contributed by atoms with Gasteiger partial charge >= 0.3 is 0 Å². The van der Waals surface area contributed by atoms with E-state index in [-0.39, 0.29) is 5.75 Å². The highest BCUT2D eigenvalue weighted by molar-refractivity contribution is 7.90. The summed E-state index contributed by atoms with van der Waals surface area (Å²) in [5.74, 6) is 0.829. The van der Waals surface area contributed by atoms with Crippen LogP contribution in [0, 0.1) is 0 Å². The number of hydrogen-bond donors (Lipinski definition) is 2. The van der Waals surface area contributed by atoms with E-state index in [1.807, 2.05) is 31.2 Å². The third-order valence-electron chi connectivity index (χ3n) is 2.69. The Hall–Kier alpha value is -1.27. The van der Waals surface area contributed by atoms with Gasteiger partial charge in [-0.15, -0.1) is 0 Å². The smallest absolute Gasteiger partial charge is 0.191 e. The Morgan fingerprint density at radius 1 is 1.29 bits per heavy atom. The zero-order chi connectivity index (χ0) is 15.7. The first-order valence-corrected chi connectivity index (χ1v) is 9.29.